The van der Waals surface area contributed by atoms with E-state index in [2.05, 4.69) is 185 Å². The molecule has 3 aliphatic rings. The van der Waals surface area contributed by atoms with Gasteiger partial charge in [-0.3, -0.25) is 0 Å². The Morgan fingerprint density at radius 1 is 0.441 bits per heavy atom. The van der Waals surface area contributed by atoms with Gasteiger partial charge in [-0.05, 0) is 0 Å². The smallest absolute Gasteiger partial charge is 1.00 e. The van der Waals surface area contributed by atoms with Crippen LogP contribution in [0.2, 0.25) is 9.45 Å². The van der Waals surface area contributed by atoms with Gasteiger partial charge < -0.3 is 24.8 Å². The first-order valence-corrected chi connectivity index (χ1v) is 25.4. The fourth-order valence-corrected chi connectivity index (χ4v) is 21.8. The molecule has 0 spiro atoms. The summed E-state index contributed by atoms with van der Waals surface area (Å²) in [5, 5.41) is 10.7. The maximum absolute atomic E-state index is 2.71. The molecule has 2 unspecified atom stereocenters. The number of hydrogen-bond acceptors (Lipinski definition) is 0. The molecule has 0 radical (unpaired) electrons. The third kappa shape index (κ3) is 6.46. The van der Waals surface area contributed by atoms with E-state index in [0.717, 1.165) is 0 Å². The number of hydrogen-bond donors (Lipinski definition) is 0. The van der Waals surface area contributed by atoms with Crippen molar-refractivity contribution in [2.75, 3.05) is 0 Å². The van der Waals surface area contributed by atoms with Gasteiger partial charge in [-0.15, -0.1) is 0 Å². The van der Waals surface area contributed by atoms with Crippen LogP contribution in [-0.2, 0) is 16.6 Å². The molecule has 3 heteroatoms. The molecule has 1 saturated heterocycles. The summed E-state index contributed by atoms with van der Waals surface area (Å²) in [4.78, 5) is 0. The van der Waals surface area contributed by atoms with E-state index in [9.17, 15) is 0 Å². The van der Waals surface area contributed by atoms with Crippen molar-refractivity contribution >= 4 is 55.2 Å². The van der Waals surface area contributed by atoms with Crippen LogP contribution in [0.5, 0.6) is 0 Å². The van der Waals surface area contributed by atoms with Crippen LogP contribution in [0, 0.1) is 11.8 Å². The Kier molecular flexibility index (Phi) is 10.5. The monoisotopic (exact) mass is 840 g/mol. The topological polar surface area (TPSA) is 0 Å². The molecular formula is C56H50Cl2Ti. The minimum atomic E-state index is -2.68. The summed E-state index contributed by atoms with van der Waals surface area (Å²) in [6.45, 7) is 9.73. The molecule has 2 aliphatic carbocycles. The average molecular weight is 842 g/mol. The molecule has 8 aromatic carbocycles. The van der Waals surface area contributed by atoms with Crippen LogP contribution in [-0.4, -0.2) is 0 Å². The van der Waals surface area contributed by atoms with Crippen LogP contribution in [0.15, 0.2) is 157 Å². The quantitative estimate of drug-likeness (QED) is 0.106. The van der Waals surface area contributed by atoms with Crippen molar-refractivity contribution in [1.29, 1.82) is 0 Å². The van der Waals surface area contributed by atoms with E-state index in [1.165, 1.54) is 98.8 Å². The first-order valence-electron chi connectivity index (χ1n) is 21.4. The first-order chi connectivity index (χ1) is 27.9. The molecule has 1 fully saturated rings. The summed E-state index contributed by atoms with van der Waals surface area (Å²) >= 11 is -2.68. The molecule has 1 heterocycles. The van der Waals surface area contributed by atoms with Crippen molar-refractivity contribution in [2.24, 2.45) is 11.8 Å². The summed E-state index contributed by atoms with van der Waals surface area (Å²) in [7, 11) is 0. The van der Waals surface area contributed by atoms with Gasteiger partial charge in [-0.1, -0.05) is 0 Å². The molecule has 0 amide bonds. The predicted molar refractivity (Wildman–Crippen MR) is 244 cm³/mol. The molecule has 0 aromatic heterocycles. The summed E-state index contributed by atoms with van der Waals surface area (Å²) in [6, 6.07) is 55.7. The van der Waals surface area contributed by atoms with Crippen LogP contribution >= 0.6 is 0 Å². The summed E-state index contributed by atoms with van der Waals surface area (Å²) in [5.74, 6) is 1.22. The van der Waals surface area contributed by atoms with Crippen molar-refractivity contribution in [3.63, 3.8) is 0 Å². The van der Waals surface area contributed by atoms with Gasteiger partial charge >= 0.3 is 343 Å². The number of rotatable bonds is 8. The van der Waals surface area contributed by atoms with E-state index < -0.39 is 16.6 Å². The Hall–Kier alpha value is -4.43. The second kappa shape index (κ2) is 15.6. The molecule has 0 bridgehead atoms. The van der Waals surface area contributed by atoms with Gasteiger partial charge in [0.25, 0.3) is 0 Å². The van der Waals surface area contributed by atoms with Gasteiger partial charge in [-0.25, -0.2) is 0 Å². The van der Waals surface area contributed by atoms with Gasteiger partial charge in [-0.2, -0.15) is 0 Å². The minimum absolute atomic E-state index is 0. The molecule has 8 aromatic rings. The standard InChI is InChI=1S/2C27H23.C2H4.2ClH.Ti/c2*1-18(2)14-19-15-20-10-7-13-25(26(20)16-19)27-23-11-5-3-8-21(23)17-22-9-4-6-12-24(22)27;1-2;;;/h2*3-13,15-18H,14H2,1-2H3;1-2H2;2*1H;/q;;;;;+2/p-2. The maximum Gasteiger partial charge on any atom is -1.00 e. The average Bonchev–Trinajstić information content (AvgIpc) is 3.77. The number of benzene rings is 8. The van der Waals surface area contributed by atoms with Crippen LogP contribution in [0.3, 0.4) is 0 Å². The molecule has 292 valence electrons. The zero-order valence-corrected chi connectivity index (χ0v) is 37.5. The van der Waals surface area contributed by atoms with Gasteiger partial charge in [0.05, 0.1) is 0 Å². The normalized spacial score (nSPS) is 17.0. The Balaban J connectivity index is 0.00000224. The van der Waals surface area contributed by atoms with Crippen LogP contribution in [0.1, 0.15) is 71.2 Å². The second-order valence-electron chi connectivity index (χ2n) is 18.2. The fourth-order valence-electron chi connectivity index (χ4n) is 11.5. The number of halogens is 2. The molecular weight excluding hydrogens is 791 g/mol. The fraction of sp³-hybridized carbons (Fsp3) is 0.214. The Labute approximate surface area is 365 Å². The summed E-state index contributed by atoms with van der Waals surface area (Å²) < 4.78 is 4.05. The third-order valence-electron chi connectivity index (χ3n) is 13.6. The Morgan fingerprint density at radius 2 is 0.780 bits per heavy atom. The molecule has 0 N–H and O–H groups in total. The molecule has 0 saturated carbocycles. The Bertz CT molecular complexity index is 2690. The number of allylic oxidation sites excluding steroid dienone is 2. The van der Waals surface area contributed by atoms with Gasteiger partial charge in [0, 0.05) is 0 Å². The van der Waals surface area contributed by atoms with Crippen molar-refractivity contribution in [3.8, 4) is 22.3 Å². The van der Waals surface area contributed by atoms with E-state index in [1.807, 2.05) is 0 Å². The van der Waals surface area contributed by atoms with E-state index in [-0.39, 0.29) is 24.8 Å². The van der Waals surface area contributed by atoms with Gasteiger partial charge in [0.1, 0.15) is 0 Å². The van der Waals surface area contributed by atoms with E-state index in [1.54, 1.807) is 22.3 Å². The zero-order valence-electron chi connectivity index (χ0n) is 34.4. The van der Waals surface area contributed by atoms with Crippen molar-refractivity contribution in [2.45, 2.75) is 58.4 Å². The molecule has 11 rings (SSSR count). The molecule has 2 atom stereocenters. The largest absolute Gasteiger partial charge is 1.00 e. The molecule has 0 nitrogen and oxygen atoms in total. The predicted octanol–water partition coefficient (Wildman–Crippen LogP) is 10.3. The Morgan fingerprint density at radius 3 is 1.10 bits per heavy atom. The van der Waals surface area contributed by atoms with Crippen molar-refractivity contribution in [1.82, 2.24) is 0 Å². The van der Waals surface area contributed by atoms with E-state index in [0.29, 0.717) is 20.3 Å². The van der Waals surface area contributed by atoms with E-state index in [4.69, 9.17) is 0 Å². The molecule has 59 heavy (non-hydrogen) atoms. The van der Waals surface area contributed by atoms with E-state index >= 15 is 0 Å². The molecule has 1 aliphatic heterocycles. The van der Waals surface area contributed by atoms with Gasteiger partial charge in [0.2, 0.25) is 0 Å². The second-order valence-corrected chi connectivity index (χ2v) is 25.5. The summed E-state index contributed by atoms with van der Waals surface area (Å²) in [5.41, 5.74) is 15.3. The van der Waals surface area contributed by atoms with Crippen LogP contribution < -0.4 is 24.8 Å². The number of fused-ring (bicyclic) bond motifs is 6. The maximum atomic E-state index is 2.71. The minimum Gasteiger partial charge on any atom is -1.00 e. The third-order valence-corrected chi connectivity index (χ3v) is 22.0. The zero-order chi connectivity index (χ0) is 38.4. The van der Waals surface area contributed by atoms with Gasteiger partial charge in [0.15, 0.2) is 0 Å². The SMILES string of the molecule is CC(C)CC1=Cc2c(-c3c4ccccc4cc4ccccc34)cccc2[CH]1[Ti+2]1([CH]2C(CC(C)C)=Cc3c(-c4c5ccccc5cc5ccccc45)cccc32)[CH2][CH2]1.[Cl-].[Cl-]. The van der Waals surface area contributed by atoms with Crippen LogP contribution in [0.4, 0.5) is 0 Å². The first kappa shape index (κ1) is 40.0. The van der Waals surface area contributed by atoms with Crippen molar-refractivity contribution in [3.05, 3.63) is 179 Å². The summed E-state index contributed by atoms with van der Waals surface area (Å²) in [6.07, 6.45) is 7.76. The van der Waals surface area contributed by atoms with Crippen molar-refractivity contribution < 1.29 is 41.4 Å². The van der Waals surface area contributed by atoms with Crippen LogP contribution in [0.25, 0.3) is 77.5 Å².